The average molecular weight is 288 g/mol. The van der Waals surface area contributed by atoms with Gasteiger partial charge in [0.05, 0.1) is 18.1 Å². The number of likely N-dealkylation sites (tertiary alicyclic amines) is 1. The van der Waals surface area contributed by atoms with Crippen LogP contribution in [0.5, 0.6) is 0 Å². The predicted molar refractivity (Wildman–Crippen MR) is 84.1 cm³/mol. The number of rotatable bonds is 4. The molecule has 1 aliphatic rings. The molecule has 0 bridgehead atoms. The van der Waals surface area contributed by atoms with E-state index in [1.807, 2.05) is 17.9 Å². The highest BCUT2D eigenvalue weighted by atomic mass is 15.3. The van der Waals surface area contributed by atoms with Gasteiger partial charge in [-0.25, -0.2) is 9.97 Å². The molecule has 2 aromatic rings. The summed E-state index contributed by atoms with van der Waals surface area (Å²) in [7, 11) is 1.93. The summed E-state index contributed by atoms with van der Waals surface area (Å²) in [6.07, 6.45) is 3.09. The molecule has 1 N–H and O–H groups in total. The Bertz CT molecular complexity index is 634. The molecule has 2 aromatic heterocycles. The number of nitrogens with zero attached hydrogens (tertiary/aromatic N) is 5. The number of nitrogens with one attached hydrogen (secondary N) is 1. The Labute approximate surface area is 125 Å². The van der Waals surface area contributed by atoms with Crippen LogP contribution in [0.15, 0.2) is 6.20 Å². The Kier molecular flexibility index (Phi) is 3.80. The molecule has 0 radical (unpaired) electrons. The molecule has 114 valence electrons. The third-order valence-corrected chi connectivity index (χ3v) is 4.24. The first kappa shape index (κ1) is 14.3. The number of hydrogen-bond donors (Lipinski definition) is 1. The number of anilines is 1. The summed E-state index contributed by atoms with van der Waals surface area (Å²) in [5.41, 5.74) is 0.899. The second-order valence-corrected chi connectivity index (χ2v) is 6.14. The van der Waals surface area contributed by atoms with Crippen LogP contribution in [-0.2, 0) is 13.6 Å². The molecule has 0 aliphatic carbocycles. The van der Waals surface area contributed by atoms with Gasteiger partial charge in [-0.3, -0.25) is 9.58 Å². The van der Waals surface area contributed by atoms with Gasteiger partial charge in [0.15, 0.2) is 5.65 Å². The normalized spacial score (nSPS) is 23.0. The molecule has 0 amide bonds. The van der Waals surface area contributed by atoms with E-state index >= 15 is 0 Å². The van der Waals surface area contributed by atoms with Crippen LogP contribution in [-0.4, -0.2) is 43.8 Å². The van der Waals surface area contributed by atoms with E-state index in [9.17, 15) is 0 Å². The largest absolute Gasteiger partial charge is 0.370 e. The van der Waals surface area contributed by atoms with Crippen molar-refractivity contribution >= 4 is 16.9 Å². The summed E-state index contributed by atoms with van der Waals surface area (Å²) in [6.45, 7) is 9.46. The lowest BCUT2D eigenvalue weighted by Crippen LogP contribution is -2.27. The van der Waals surface area contributed by atoms with Gasteiger partial charge in [-0.05, 0) is 26.2 Å². The molecule has 1 fully saturated rings. The number of hydrogen-bond acceptors (Lipinski definition) is 5. The maximum Gasteiger partial charge on any atom is 0.163 e. The molecule has 2 atom stereocenters. The van der Waals surface area contributed by atoms with E-state index in [-0.39, 0.29) is 0 Å². The number of aromatic nitrogens is 4. The minimum absolute atomic E-state index is 0.605. The zero-order valence-electron chi connectivity index (χ0n) is 13.3. The first-order valence-corrected chi connectivity index (χ1v) is 7.75. The Hall–Kier alpha value is -1.69. The second kappa shape index (κ2) is 5.60. The summed E-state index contributed by atoms with van der Waals surface area (Å²) in [4.78, 5) is 11.9. The second-order valence-electron chi connectivity index (χ2n) is 6.14. The fraction of sp³-hybridized carbons (Fsp3) is 0.667. The molecule has 3 rings (SSSR count). The van der Waals surface area contributed by atoms with Crippen molar-refractivity contribution < 1.29 is 0 Å². The van der Waals surface area contributed by atoms with E-state index in [0.717, 1.165) is 48.2 Å². The van der Waals surface area contributed by atoms with Gasteiger partial charge in [0.2, 0.25) is 0 Å². The van der Waals surface area contributed by atoms with Crippen LogP contribution >= 0.6 is 0 Å². The summed E-state index contributed by atoms with van der Waals surface area (Å²) < 4.78 is 1.82. The van der Waals surface area contributed by atoms with Crippen molar-refractivity contribution in [3.63, 3.8) is 0 Å². The zero-order chi connectivity index (χ0) is 15.0. The quantitative estimate of drug-likeness (QED) is 0.933. The predicted octanol–water partition coefficient (Wildman–Crippen LogP) is 2.03. The summed E-state index contributed by atoms with van der Waals surface area (Å²) in [5.74, 6) is 2.53. The Morgan fingerprint density at radius 2 is 2.14 bits per heavy atom. The molecule has 6 heteroatoms. The van der Waals surface area contributed by atoms with E-state index in [0.29, 0.717) is 6.04 Å². The van der Waals surface area contributed by atoms with Crippen molar-refractivity contribution in [2.45, 2.75) is 39.8 Å². The molecule has 0 spiro atoms. The van der Waals surface area contributed by atoms with Crippen molar-refractivity contribution in [2.24, 2.45) is 13.0 Å². The van der Waals surface area contributed by atoms with Gasteiger partial charge in [0, 0.05) is 26.2 Å². The highest BCUT2D eigenvalue weighted by Crippen LogP contribution is 2.25. The molecule has 2 unspecified atom stereocenters. The maximum atomic E-state index is 4.71. The first-order valence-electron chi connectivity index (χ1n) is 7.75. The van der Waals surface area contributed by atoms with Crippen LogP contribution < -0.4 is 5.32 Å². The fourth-order valence-corrected chi connectivity index (χ4v) is 3.23. The molecule has 6 nitrogen and oxygen atoms in total. The maximum absolute atomic E-state index is 4.71. The molecule has 0 saturated carbocycles. The van der Waals surface area contributed by atoms with Crippen LogP contribution in [0.3, 0.4) is 0 Å². The lowest BCUT2D eigenvalue weighted by Gasteiger charge is -2.20. The zero-order valence-corrected chi connectivity index (χ0v) is 13.3. The van der Waals surface area contributed by atoms with Crippen LogP contribution in [0.4, 0.5) is 5.82 Å². The first-order chi connectivity index (χ1) is 10.1. The Balaban J connectivity index is 1.93. The molecular weight excluding hydrogens is 264 g/mol. The lowest BCUT2D eigenvalue weighted by atomic mass is 10.1. The lowest BCUT2D eigenvalue weighted by molar-refractivity contribution is 0.250. The third kappa shape index (κ3) is 2.72. The SMILES string of the molecule is CCNc1nc(CN2CC(C)CC2C)nc2c1cnn2C. The minimum atomic E-state index is 0.605. The third-order valence-electron chi connectivity index (χ3n) is 4.24. The molecule has 1 saturated heterocycles. The van der Waals surface area contributed by atoms with Gasteiger partial charge in [-0.15, -0.1) is 0 Å². The summed E-state index contributed by atoms with van der Waals surface area (Å²) in [6, 6.07) is 0.605. The average Bonchev–Trinajstić information content (AvgIpc) is 2.94. The Morgan fingerprint density at radius 1 is 1.33 bits per heavy atom. The standard InChI is InChI=1S/C15H24N6/c1-5-16-14-12-7-17-20(4)15(12)19-13(18-14)9-21-8-10(2)6-11(21)3/h7,10-11H,5-6,8-9H2,1-4H3,(H,16,18,19). The molecule has 21 heavy (non-hydrogen) atoms. The summed E-state index contributed by atoms with van der Waals surface area (Å²) >= 11 is 0. The van der Waals surface area contributed by atoms with Crippen molar-refractivity contribution in [1.82, 2.24) is 24.6 Å². The van der Waals surface area contributed by atoms with Gasteiger partial charge in [-0.1, -0.05) is 6.92 Å². The van der Waals surface area contributed by atoms with Crippen molar-refractivity contribution in [2.75, 3.05) is 18.4 Å². The smallest absolute Gasteiger partial charge is 0.163 e. The summed E-state index contributed by atoms with van der Waals surface area (Å²) in [5, 5.41) is 8.62. The van der Waals surface area contributed by atoms with E-state index in [1.54, 1.807) is 0 Å². The molecule has 3 heterocycles. The van der Waals surface area contributed by atoms with E-state index in [1.165, 1.54) is 6.42 Å². The van der Waals surface area contributed by atoms with Gasteiger partial charge in [0.1, 0.15) is 11.6 Å². The molecule has 0 aromatic carbocycles. The number of aryl methyl sites for hydroxylation is 1. The fourth-order valence-electron chi connectivity index (χ4n) is 3.23. The topological polar surface area (TPSA) is 58.9 Å². The number of fused-ring (bicyclic) bond motifs is 1. The van der Waals surface area contributed by atoms with Crippen molar-refractivity contribution in [3.8, 4) is 0 Å². The monoisotopic (exact) mass is 288 g/mol. The van der Waals surface area contributed by atoms with Gasteiger partial charge in [0.25, 0.3) is 0 Å². The van der Waals surface area contributed by atoms with Crippen LogP contribution in [0.1, 0.15) is 33.0 Å². The highest BCUT2D eigenvalue weighted by Gasteiger charge is 2.27. The van der Waals surface area contributed by atoms with Crippen molar-refractivity contribution in [3.05, 3.63) is 12.0 Å². The van der Waals surface area contributed by atoms with Gasteiger partial charge < -0.3 is 5.32 Å². The van der Waals surface area contributed by atoms with Gasteiger partial charge >= 0.3 is 0 Å². The van der Waals surface area contributed by atoms with Crippen LogP contribution in [0, 0.1) is 5.92 Å². The Morgan fingerprint density at radius 3 is 2.81 bits per heavy atom. The van der Waals surface area contributed by atoms with Gasteiger partial charge in [-0.2, -0.15) is 5.10 Å². The molecular formula is C15H24N6. The van der Waals surface area contributed by atoms with Crippen LogP contribution in [0.25, 0.3) is 11.0 Å². The minimum Gasteiger partial charge on any atom is -0.370 e. The molecule has 1 aliphatic heterocycles. The highest BCUT2D eigenvalue weighted by molar-refractivity contribution is 5.86. The van der Waals surface area contributed by atoms with E-state index in [4.69, 9.17) is 9.97 Å². The van der Waals surface area contributed by atoms with Crippen molar-refractivity contribution in [1.29, 1.82) is 0 Å². The van der Waals surface area contributed by atoms with Crippen LogP contribution in [0.2, 0.25) is 0 Å². The van der Waals surface area contributed by atoms with E-state index in [2.05, 4.69) is 36.1 Å². The van der Waals surface area contributed by atoms with E-state index < -0.39 is 0 Å².